The number of hydrogen-bond acceptors (Lipinski definition) is 4. The van der Waals surface area contributed by atoms with Crippen LogP contribution >= 0.6 is 0 Å². The Balaban J connectivity index is 1.58. The molecule has 5 heteroatoms. The Labute approximate surface area is 159 Å². The molecule has 5 nitrogen and oxygen atoms in total. The minimum atomic E-state index is -0.174. The number of carbonyl (C=O) groups excluding carboxylic acids is 1. The lowest BCUT2D eigenvalue weighted by molar-refractivity contribution is 0.102. The van der Waals surface area contributed by atoms with Crippen molar-refractivity contribution in [2.75, 3.05) is 10.6 Å². The Bertz CT molecular complexity index is 882. The van der Waals surface area contributed by atoms with Crippen LogP contribution in [0.3, 0.4) is 0 Å². The SMILES string of the molecule is CC(C)(C)c1ccc(NC(=O)c2ccc(NCc3ccncc3)nc2)cc1. The first kappa shape index (κ1) is 18.6. The van der Waals surface area contributed by atoms with E-state index in [4.69, 9.17) is 0 Å². The van der Waals surface area contributed by atoms with E-state index in [0.29, 0.717) is 12.1 Å². The maximum atomic E-state index is 12.4. The van der Waals surface area contributed by atoms with Crippen LogP contribution in [0.1, 0.15) is 42.3 Å². The lowest BCUT2D eigenvalue weighted by atomic mass is 9.87. The molecule has 1 amide bonds. The Kier molecular flexibility index (Phi) is 5.50. The van der Waals surface area contributed by atoms with Gasteiger partial charge in [-0.1, -0.05) is 32.9 Å². The van der Waals surface area contributed by atoms with Crippen molar-refractivity contribution in [3.63, 3.8) is 0 Å². The quantitative estimate of drug-likeness (QED) is 0.696. The first-order chi connectivity index (χ1) is 12.9. The number of carbonyl (C=O) groups is 1. The second kappa shape index (κ2) is 7.99. The van der Waals surface area contributed by atoms with E-state index in [0.717, 1.165) is 17.1 Å². The lowest BCUT2D eigenvalue weighted by Gasteiger charge is -2.19. The lowest BCUT2D eigenvalue weighted by Crippen LogP contribution is -2.14. The summed E-state index contributed by atoms with van der Waals surface area (Å²) in [5.41, 5.74) is 3.72. The molecule has 2 N–H and O–H groups in total. The number of rotatable bonds is 5. The van der Waals surface area contributed by atoms with E-state index < -0.39 is 0 Å². The Morgan fingerprint density at radius 1 is 0.963 bits per heavy atom. The molecule has 2 aromatic heterocycles. The van der Waals surface area contributed by atoms with E-state index in [2.05, 4.69) is 41.4 Å². The number of aromatic nitrogens is 2. The molecular formula is C22H24N4O. The molecule has 2 heterocycles. The van der Waals surface area contributed by atoms with Crippen molar-refractivity contribution in [1.82, 2.24) is 9.97 Å². The van der Waals surface area contributed by atoms with Crippen molar-refractivity contribution in [2.24, 2.45) is 0 Å². The number of nitrogens with one attached hydrogen (secondary N) is 2. The highest BCUT2D eigenvalue weighted by atomic mass is 16.1. The van der Waals surface area contributed by atoms with Crippen molar-refractivity contribution >= 4 is 17.4 Å². The molecular weight excluding hydrogens is 336 g/mol. The second-order valence-corrected chi connectivity index (χ2v) is 7.42. The molecule has 27 heavy (non-hydrogen) atoms. The Morgan fingerprint density at radius 3 is 2.26 bits per heavy atom. The second-order valence-electron chi connectivity index (χ2n) is 7.42. The minimum Gasteiger partial charge on any atom is -0.366 e. The van der Waals surface area contributed by atoms with E-state index in [1.54, 1.807) is 30.7 Å². The molecule has 0 aliphatic heterocycles. The normalized spacial score (nSPS) is 11.1. The zero-order chi connectivity index (χ0) is 19.3. The first-order valence-corrected chi connectivity index (χ1v) is 8.92. The smallest absolute Gasteiger partial charge is 0.257 e. The number of nitrogens with zero attached hydrogens (tertiary/aromatic N) is 2. The van der Waals surface area contributed by atoms with Gasteiger partial charge in [0.15, 0.2) is 0 Å². The topological polar surface area (TPSA) is 66.9 Å². The summed E-state index contributed by atoms with van der Waals surface area (Å²) >= 11 is 0. The van der Waals surface area contributed by atoms with Crippen molar-refractivity contribution < 1.29 is 4.79 Å². The maximum absolute atomic E-state index is 12.4. The van der Waals surface area contributed by atoms with Gasteiger partial charge in [-0.05, 0) is 52.9 Å². The van der Waals surface area contributed by atoms with Gasteiger partial charge in [0.25, 0.3) is 5.91 Å². The Morgan fingerprint density at radius 2 is 1.67 bits per heavy atom. The van der Waals surface area contributed by atoms with Crippen LogP contribution < -0.4 is 10.6 Å². The third-order valence-electron chi connectivity index (χ3n) is 4.26. The molecule has 0 spiro atoms. The van der Waals surface area contributed by atoms with E-state index in [-0.39, 0.29) is 11.3 Å². The highest BCUT2D eigenvalue weighted by Gasteiger charge is 2.13. The molecule has 138 valence electrons. The van der Waals surface area contributed by atoms with E-state index >= 15 is 0 Å². The van der Waals surface area contributed by atoms with Gasteiger partial charge in [-0.3, -0.25) is 9.78 Å². The fraction of sp³-hybridized carbons (Fsp3) is 0.227. The van der Waals surface area contributed by atoms with E-state index in [9.17, 15) is 4.79 Å². The first-order valence-electron chi connectivity index (χ1n) is 8.92. The summed E-state index contributed by atoms with van der Waals surface area (Å²) in [6.45, 7) is 7.14. The predicted molar refractivity (Wildman–Crippen MR) is 109 cm³/mol. The molecule has 0 aliphatic rings. The highest BCUT2D eigenvalue weighted by molar-refractivity contribution is 6.04. The van der Waals surface area contributed by atoms with Crippen LogP contribution in [0.15, 0.2) is 67.1 Å². The van der Waals surface area contributed by atoms with Gasteiger partial charge in [0.1, 0.15) is 5.82 Å². The van der Waals surface area contributed by atoms with Gasteiger partial charge in [0, 0.05) is 30.8 Å². The number of anilines is 2. The van der Waals surface area contributed by atoms with Gasteiger partial charge in [0.05, 0.1) is 5.56 Å². The monoisotopic (exact) mass is 360 g/mol. The van der Waals surface area contributed by atoms with Crippen LogP contribution in [0.25, 0.3) is 0 Å². The van der Waals surface area contributed by atoms with Crippen molar-refractivity contribution in [3.05, 3.63) is 83.8 Å². The van der Waals surface area contributed by atoms with Crippen molar-refractivity contribution in [1.29, 1.82) is 0 Å². The van der Waals surface area contributed by atoms with Crippen molar-refractivity contribution in [2.45, 2.75) is 32.7 Å². The van der Waals surface area contributed by atoms with E-state index in [1.165, 1.54) is 5.56 Å². The largest absolute Gasteiger partial charge is 0.366 e. The third-order valence-corrected chi connectivity index (χ3v) is 4.26. The van der Waals surface area contributed by atoms with Gasteiger partial charge in [-0.25, -0.2) is 4.98 Å². The molecule has 0 saturated carbocycles. The average molecular weight is 360 g/mol. The van der Waals surface area contributed by atoms with Crippen molar-refractivity contribution in [3.8, 4) is 0 Å². The fourth-order valence-electron chi connectivity index (χ4n) is 2.58. The van der Waals surface area contributed by atoms with Gasteiger partial charge in [0.2, 0.25) is 0 Å². The van der Waals surface area contributed by atoms with Gasteiger partial charge in [-0.2, -0.15) is 0 Å². The summed E-state index contributed by atoms with van der Waals surface area (Å²) < 4.78 is 0. The van der Waals surface area contributed by atoms with Crippen LogP contribution in [-0.4, -0.2) is 15.9 Å². The van der Waals surface area contributed by atoms with Crippen LogP contribution in [-0.2, 0) is 12.0 Å². The number of pyridine rings is 2. The molecule has 0 aliphatic carbocycles. The zero-order valence-electron chi connectivity index (χ0n) is 15.9. The fourth-order valence-corrected chi connectivity index (χ4v) is 2.58. The molecule has 3 aromatic rings. The Hall–Kier alpha value is -3.21. The zero-order valence-corrected chi connectivity index (χ0v) is 15.9. The summed E-state index contributed by atoms with van der Waals surface area (Å²) in [5.74, 6) is 0.546. The average Bonchev–Trinajstić information content (AvgIpc) is 2.67. The summed E-state index contributed by atoms with van der Waals surface area (Å²) in [7, 11) is 0. The summed E-state index contributed by atoms with van der Waals surface area (Å²) in [6, 6.07) is 15.4. The molecule has 0 unspecified atom stereocenters. The van der Waals surface area contributed by atoms with Crippen LogP contribution in [0.2, 0.25) is 0 Å². The predicted octanol–water partition coefficient (Wildman–Crippen LogP) is 4.64. The van der Waals surface area contributed by atoms with E-state index in [1.807, 2.05) is 36.4 Å². The third kappa shape index (κ3) is 5.14. The summed E-state index contributed by atoms with van der Waals surface area (Å²) in [5, 5.41) is 6.13. The van der Waals surface area contributed by atoms with Crippen LogP contribution in [0.4, 0.5) is 11.5 Å². The molecule has 0 radical (unpaired) electrons. The van der Waals surface area contributed by atoms with Gasteiger partial charge >= 0.3 is 0 Å². The number of hydrogen-bond donors (Lipinski definition) is 2. The standard InChI is InChI=1S/C22H24N4O/c1-22(2,3)18-5-7-19(8-6-18)26-21(27)17-4-9-20(25-15-17)24-14-16-10-12-23-13-11-16/h4-13,15H,14H2,1-3H3,(H,24,25)(H,26,27). The summed E-state index contributed by atoms with van der Waals surface area (Å²) in [4.78, 5) is 20.7. The highest BCUT2D eigenvalue weighted by Crippen LogP contribution is 2.23. The summed E-state index contributed by atoms with van der Waals surface area (Å²) in [6.07, 6.45) is 5.09. The molecule has 0 fully saturated rings. The van der Waals surface area contributed by atoms with Gasteiger partial charge < -0.3 is 10.6 Å². The molecule has 0 atom stereocenters. The molecule has 3 rings (SSSR count). The molecule has 0 bridgehead atoms. The van der Waals surface area contributed by atoms with Crippen LogP contribution in [0.5, 0.6) is 0 Å². The number of benzene rings is 1. The number of amides is 1. The van der Waals surface area contributed by atoms with Crippen LogP contribution in [0, 0.1) is 0 Å². The maximum Gasteiger partial charge on any atom is 0.257 e. The molecule has 0 saturated heterocycles. The molecule has 1 aromatic carbocycles. The van der Waals surface area contributed by atoms with Gasteiger partial charge in [-0.15, -0.1) is 0 Å². The minimum absolute atomic E-state index is 0.0888.